The molecule has 1 aliphatic carbocycles. The van der Waals surface area contributed by atoms with Crippen LogP contribution in [0.5, 0.6) is 0 Å². The van der Waals surface area contributed by atoms with E-state index in [2.05, 4.69) is 11.4 Å². The lowest BCUT2D eigenvalue weighted by molar-refractivity contribution is 0.0700. The molecule has 1 aromatic rings. The molecule has 1 spiro atoms. The molecule has 1 aliphatic heterocycles. The Balaban J connectivity index is 2.00. The Morgan fingerprint density at radius 1 is 1.19 bits per heavy atom. The van der Waals surface area contributed by atoms with Gasteiger partial charge in [-0.1, -0.05) is 24.3 Å². The summed E-state index contributed by atoms with van der Waals surface area (Å²) in [5.41, 5.74) is 2.12. The van der Waals surface area contributed by atoms with Gasteiger partial charge < -0.3 is 5.32 Å². The predicted molar refractivity (Wildman–Crippen MR) is 63.6 cm³/mol. The summed E-state index contributed by atoms with van der Waals surface area (Å²) in [7, 11) is 0. The molecule has 1 atom stereocenters. The summed E-state index contributed by atoms with van der Waals surface area (Å²) in [6.45, 7) is 1.94. The highest BCUT2D eigenvalue weighted by Gasteiger charge is 2.42. The van der Waals surface area contributed by atoms with Crippen molar-refractivity contribution >= 4 is 5.78 Å². The fourth-order valence-electron chi connectivity index (χ4n) is 3.11. The first-order chi connectivity index (χ1) is 7.82. The van der Waals surface area contributed by atoms with Crippen LogP contribution in [0.2, 0.25) is 0 Å². The van der Waals surface area contributed by atoms with Crippen LogP contribution in [0.3, 0.4) is 0 Å². The van der Waals surface area contributed by atoms with Crippen LogP contribution in [0.4, 0.5) is 0 Å². The van der Waals surface area contributed by atoms with Crippen LogP contribution in [0.25, 0.3) is 0 Å². The van der Waals surface area contributed by atoms with E-state index >= 15 is 0 Å². The highest BCUT2D eigenvalue weighted by atomic mass is 16.1. The van der Waals surface area contributed by atoms with Gasteiger partial charge in [0.2, 0.25) is 0 Å². The molecule has 0 aromatic heterocycles. The van der Waals surface area contributed by atoms with E-state index in [4.69, 9.17) is 0 Å². The van der Waals surface area contributed by atoms with Crippen molar-refractivity contribution in [3.05, 3.63) is 35.4 Å². The molecule has 0 saturated carbocycles. The minimum absolute atomic E-state index is 0.0907. The minimum atomic E-state index is -0.0907. The van der Waals surface area contributed by atoms with E-state index in [1.54, 1.807) is 0 Å². The molecule has 1 saturated heterocycles. The quantitative estimate of drug-likeness (QED) is 0.718. The second-order valence-corrected chi connectivity index (χ2v) is 5.05. The Labute approximate surface area is 96.1 Å². The standard InChI is InChI=1S/C14H17NO/c16-13-12-5-2-1-4-11(12)6-8-14(13)7-3-9-15-10-14/h1-2,4-5,15H,3,6-10H2/t14-/m0/s1. The van der Waals surface area contributed by atoms with Gasteiger partial charge in [-0.2, -0.15) is 0 Å². The summed E-state index contributed by atoms with van der Waals surface area (Å²) in [6, 6.07) is 8.10. The Kier molecular flexibility index (Phi) is 2.32. The first kappa shape index (κ1) is 10.0. The summed E-state index contributed by atoms with van der Waals surface area (Å²) in [5, 5.41) is 3.39. The second kappa shape index (κ2) is 3.70. The van der Waals surface area contributed by atoms with Crippen LogP contribution < -0.4 is 5.32 Å². The van der Waals surface area contributed by atoms with Crippen LogP contribution in [0.15, 0.2) is 24.3 Å². The number of carbonyl (C=O) groups excluding carboxylic acids is 1. The van der Waals surface area contributed by atoms with Gasteiger partial charge in [0.15, 0.2) is 5.78 Å². The van der Waals surface area contributed by atoms with E-state index in [0.29, 0.717) is 5.78 Å². The molecule has 0 radical (unpaired) electrons. The van der Waals surface area contributed by atoms with Crippen molar-refractivity contribution in [3.63, 3.8) is 0 Å². The SMILES string of the molecule is O=C1c2ccccc2CC[C@]12CCCNC2. The summed E-state index contributed by atoms with van der Waals surface area (Å²) in [4.78, 5) is 12.6. The van der Waals surface area contributed by atoms with Crippen LogP contribution >= 0.6 is 0 Å². The molecule has 2 heteroatoms. The van der Waals surface area contributed by atoms with Gasteiger partial charge in [-0.25, -0.2) is 0 Å². The molecule has 1 N–H and O–H groups in total. The Bertz CT molecular complexity index is 418. The molecule has 1 heterocycles. The van der Waals surface area contributed by atoms with E-state index < -0.39 is 0 Å². The molecular formula is C14H17NO. The molecule has 84 valence electrons. The van der Waals surface area contributed by atoms with Gasteiger partial charge in [0.05, 0.1) is 0 Å². The molecule has 2 nitrogen and oxygen atoms in total. The number of aryl methyl sites for hydroxylation is 1. The molecule has 2 aliphatic rings. The van der Waals surface area contributed by atoms with Crippen molar-refractivity contribution < 1.29 is 4.79 Å². The predicted octanol–water partition coefficient (Wildman–Crippen LogP) is 2.19. The number of nitrogens with one attached hydrogen (secondary N) is 1. The maximum Gasteiger partial charge on any atom is 0.170 e. The highest BCUT2D eigenvalue weighted by molar-refractivity contribution is 6.03. The molecule has 0 unspecified atom stereocenters. The van der Waals surface area contributed by atoms with E-state index in [-0.39, 0.29) is 5.41 Å². The maximum atomic E-state index is 12.6. The van der Waals surface area contributed by atoms with Gasteiger partial charge in [-0.05, 0) is 37.8 Å². The number of benzene rings is 1. The minimum Gasteiger partial charge on any atom is -0.316 e. The van der Waals surface area contributed by atoms with E-state index in [1.165, 1.54) is 5.56 Å². The molecule has 3 rings (SSSR count). The summed E-state index contributed by atoms with van der Waals surface area (Å²) < 4.78 is 0. The highest BCUT2D eigenvalue weighted by Crippen LogP contribution is 2.39. The van der Waals surface area contributed by atoms with Gasteiger partial charge >= 0.3 is 0 Å². The Morgan fingerprint density at radius 3 is 2.88 bits per heavy atom. The molecule has 1 fully saturated rings. The van der Waals surface area contributed by atoms with Gasteiger partial charge in [0.1, 0.15) is 0 Å². The average Bonchev–Trinajstić information content (AvgIpc) is 2.36. The van der Waals surface area contributed by atoms with Gasteiger partial charge in [0, 0.05) is 17.5 Å². The second-order valence-electron chi connectivity index (χ2n) is 5.05. The number of fused-ring (bicyclic) bond motifs is 1. The average molecular weight is 215 g/mol. The third kappa shape index (κ3) is 1.40. The van der Waals surface area contributed by atoms with E-state index in [0.717, 1.165) is 44.3 Å². The number of hydrogen-bond donors (Lipinski definition) is 1. The van der Waals surface area contributed by atoms with E-state index in [9.17, 15) is 4.79 Å². The van der Waals surface area contributed by atoms with Gasteiger partial charge in [-0.3, -0.25) is 4.79 Å². The van der Waals surface area contributed by atoms with Crippen molar-refractivity contribution in [2.45, 2.75) is 25.7 Å². The zero-order valence-corrected chi connectivity index (χ0v) is 9.46. The van der Waals surface area contributed by atoms with Crippen molar-refractivity contribution in [3.8, 4) is 0 Å². The fraction of sp³-hybridized carbons (Fsp3) is 0.500. The third-order valence-electron chi connectivity index (χ3n) is 4.09. The van der Waals surface area contributed by atoms with Crippen molar-refractivity contribution in [2.24, 2.45) is 5.41 Å². The Morgan fingerprint density at radius 2 is 2.06 bits per heavy atom. The zero-order valence-electron chi connectivity index (χ0n) is 9.46. The largest absolute Gasteiger partial charge is 0.316 e. The fourth-order valence-corrected chi connectivity index (χ4v) is 3.11. The lowest BCUT2D eigenvalue weighted by Crippen LogP contribution is -2.47. The Hall–Kier alpha value is -1.15. The van der Waals surface area contributed by atoms with Crippen LogP contribution in [-0.4, -0.2) is 18.9 Å². The number of carbonyl (C=O) groups is 1. The number of piperidine rings is 1. The number of hydrogen-bond acceptors (Lipinski definition) is 2. The van der Waals surface area contributed by atoms with Crippen LogP contribution in [-0.2, 0) is 6.42 Å². The monoisotopic (exact) mass is 215 g/mol. The lowest BCUT2D eigenvalue weighted by Gasteiger charge is -2.39. The van der Waals surface area contributed by atoms with Crippen LogP contribution in [0.1, 0.15) is 35.2 Å². The zero-order chi connectivity index (χ0) is 11.0. The van der Waals surface area contributed by atoms with Crippen molar-refractivity contribution in [1.82, 2.24) is 5.32 Å². The molecule has 0 bridgehead atoms. The topological polar surface area (TPSA) is 29.1 Å². The van der Waals surface area contributed by atoms with Crippen molar-refractivity contribution in [1.29, 1.82) is 0 Å². The molecular weight excluding hydrogens is 198 g/mol. The maximum absolute atomic E-state index is 12.6. The van der Waals surface area contributed by atoms with E-state index in [1.807, 2.05) is 18.2 Å². The third-order valence-corrected chi connectivity index (χ3v) is 4.09. The van der Waals surface area contributed by atoms with Gasteiger partial charge in [0.25, 0.3) is 0 Å². The normalized spacial score (nSPS) is 29.1. The van der Waals surface area contributed by atoms with Crippen molar-refractivity contribution in [2.75, 3.05) is 13.1 Å². The molecule has 0 amide bonds. The summed E-state index contributed by atoms with van der Waals surface area (Å²) in [5.74, 6) is 0.376. The first-order valence-corrected chi connectivity index (χ1v) is 6.15. The summed E-state index contributed by atoms with van der Waals surface area (Å²) in [6.07, 6.45) is 4.28. The smallest absolute Gasteiger partial charge is 0.170 e. The summed E-state index contributed by atoms with van der Waals surface area (Å²) >= 11 is 0. The lowest BCUT2D eigenvalue weighted by atomic mass is 9.67. The number of rotatable bonds is 0. The molecule has 1 aromatic carbocycles. The molecule has 16 heavy (non-hydrogen) atoms. The van der Waals surface area contributed by atoms with Gasteiger partial charge in [-0.15, -0.1) is 0 Å². The number of ketones is 1. The first-order valence-electron chi connectivity index (χ1n) is 6.15. The van der Waals surface area contributed by atoms with Crippen LogP contribution in [0, 0.1) is 5.41 Å². The number of Topliss-reactive ketones (excluding diaryl/α,β-unsaturated/α-hetero) is 1.